The number of rotatable bonds is 5. The van der Waals surface area contributed by atoms with Crippen molar-refractivity contribution in [2.24, 2.45) is 0 Å². The van der Waals surface area contributed by atoms with Crippen molar-refractivity contribution < 1.29 is 14.3 Å². The second kappa shape index (κ2) is 6.61. The minimum absolute atomic E-state index is 0.00113. The highest BCUT2D eigenvalue weighted by atomic mass is 16.5. The number of hydrogen-bond donors (Lipinski definition) is 1. The van der Waals surface area contributed by atoms with Crippen LogP contribution in [0.4, 0.5) is 5.69 Å². The summed E-state index contributed by atoms with van der Waals surface area (Å²) in [5.41, 5.74) is 2.13. The van der Waals surface area contributed by atoms with Crippen LogP contribution in [0.15, 0.2) is 24.3 Å². The van der Waals surface area contributed by atoms with Gasteiger partial charge in [0.2, 0.25) is 5.91 Å². The van der Waals surface area contributed by atoms with Gasteiger partial charge in [-0.1, -0.05) is 18.2 Å². The van der Waals surface area contributed by atoms with Gasteiger partial charge in [0.25, 0.3) is 0 Å². The van der Waals surface area contributed by atoms with E-state index < -0.39 is 0 Å². The maximum Gasteiger partial charge on any atom is 0.325 e. The molecule has 1 atom stereocenters. The molecule has 114 valence electrons. The highest BCUT2D eigenvalue weighted by Gasteiger charge is 2.32. The summed E-state index contributed by atoms with van der Waals surface area (Å²) in [4.78, 5) is 25.9. The van der Waals surface area contributed by atoms with E-state index in [0.29, 0.717) is 13.0 Å². The molecule has 1 unspecified atom stereocenters. The number of anilines is 1. The van der Waals surface area contributed by atoms with Crippen LogP contribution >= 0.6 is 0 Å². The predicted molar refractivity (Wildman–Crippen MR) is 81.0 cm³/mol. The van der Waals surface area contributed by atoms with E-state index in [1.807, 2.05) is 38.1 Å². The van der Waals surface area contributed by atoms with E-state index in [2.05, 4.69) is 5.32 Å². The molecular weight excluding hydrogens is 268 g/mol. The molecule has 2 rings (SSSR count). The molecule has 0 bridgehead atoms. The zero-order valence-electron chi connectivity index (χ0n) is 12.8. The largest absolute Gasteiger partial charge is 0.465 e. The maximum atomic E-state index is 12.7. The predicted octanol–water partition coefficient (Wildman–Crippen LogP) is 1.82. The summed E-state index contributed by atoms with van der Waals surface area (Å²) in [7, 11) is 0. The third kappa shape index (κ3) is 3.54. The Balaban J connectivity index is 2.05. The lowest BCUT2D eigenvalue weighted by Gasteiger charge is -2.28. The van der Waals surface area contributed by atoms with E-state index in [1.54, 1.807) is 11.8 Å². The van der Waals surface area contributed by atoms with Crippen molar-refractivity contribution in [1.82, 2.24) is 4.90 Å². The van der Waals surface area contributed by atoms with Crippen molar-refractivity contribution in [1.29, 1.82) is 0 Å². The van der Waals surface area contributed by atoms with Crippen LogP contribution in [0.3, 0.4) is 0 Å². The van der Waals surface area contributed by atoms with Gasteiger partial charge < -0.3 is 15.0 Å². The Morgan fingerprint density at radius 2 is 2.10 bits per heavy atom. The molecule has 0 spiro atoms. The van der Waals surface area contributed by atoms with Crippen LogP contribution in [-0.2, 0) is 20.7 Å². The van der Waals surface area contributed by atoms with Gasteiger partial charge in [0, 0.05) is 18.2 Å². The molecular formula is C16H22N2O3. The first-order chi connectivity index (χ1) is 10.0. The molecule has 0 saturated heterocycles. The van der Waals surface area contributed by atoms with E-state index in [1.165, 1.54) is 0 Å². The van der Waals surface area contributed by atoms with Crippen molar-refractivity contribution in [3.8, 4) is 0 Å². The van der Waals surface area contributed by atoms with Gasteiger partial charge in [-0.15, -0.1) is 0 Å². The average molecular weight is 290 g/mol. The van der Waals surface area contributed by atoms with E-state index in [4.69, 9.17) is 4.74 Å². The second-order valence-corrected chi connectivity index (χ2v) is 5.42. The lowest BCUT2D eigenvalue weighted by atomic mass is 10.1. The van der Waals surface area contributed by atoms with Crippen molar-refractivity contribution in [2.75, 3.05) is 18.5 Å². The van der Waals surface area contributed by atoms with Gasteiger partial charge in [0.05, 0.1) is 6.61 Å². The molecule has 5 heteroatoms. The Bertz CT molecular complexity index is 503. The lowest BCUT2D eigenvalue weighted by Crippen LogP contribution is -2.48. The number of carbonyl (C=O) groups excluding carboxylic acids is 2. The minimum atomic E-state index is -0.366. The van der Waals surface area contributed by atoms with Gasteiger partial charge in [0.1, 0.15) is 12.6 Å². The van der Waals surface area contributed by atoms with Crippen molar-refractivity contribution in [3.63, 3.8) is 0 Å². The number of ether oxygens (including phenoxy) is 1. The van der Waals surface area contributed by atoms with Crippen LogP contribution in [-0.4, -0.2) is 42.0 Å². The van der Waals surface area contributed by atoms with Crippen molar-refractivity contribution in [3.05, 3.63) is 29.8 Å². The second-order valence-electron chi connectivity index (χ2n) is 5.42. The molecule has 1 heterocycles. The van der Waals surface area contributed by atoms with Gasteiger partial charge in [0.15, 0.2) is 0 Å². The lowest BCUT2D eigenvalue weighted by molar-refractivity contribution is -0.150. The average Bonchev–Trinajstić information content (AvgIpc) is 2.88. The molecule has 0 radical (unpaired) electrons. The number of para-hydroxylation sites is 1. The van der Waals surface area contributed by atoms with Gasteiger partial charge in [-0.25, -0.2) is 0 Å². The summed E-state index contributed by atoms with van der Waals surface area (Å²) < 4.78 is 4.94. The number of carbonyl (C=O) groups is 2. The smallest absolute Gasteiger partial charge is 0.325 e. The van der Waals surface area contributed by atoms with Crippen molar-refractivity contribution >= 4 is 17.6 Å². The fourth-order valence-electron chi connectivity index (χ4n) is 2.51. The summed E-state index contributed by atoms with van der Waals surface area (Å²) in [6, 6.07) is 7.53. The molecule has 1 aliphatic heterocycles. The summed E-state index contributed by atoms with van der Waals surface area (Å²) >= 11 is 0. The summed E-state index contributed by atoms with van der Waals surface area (Å²) in [6.07, 6.45) is 0.654. The van der Waals surface area contributed by atoms with Crippen LogP contribution in [0, 0.1) is 0 Å². The SMILES string of the molecule is CCOC(=O)CN(C(=O)C1Cc2ccccc2N1)C(C)C. The number of nitrogens with zero attached hydrogens (tertiary/aromatic N) is 1. The van der Waals surface area contributed by atoms with Crippen LogP contribution in [0.25, 0.3) is 0 Å². The summed E-state index contributed by atoms with van der Waals surface area (Å²) in [5.74, 6) is -0.427. The van der Waals surface area contributed by atoms with Crippen molar-refractivity contribution in [2.45, 2.75) is 39.3 Å². The van der Waals surface area contributed by atoms with Gasteiger partial charge in [-0.2, -0.15) is 0 Å². The first-order valence-corrected chi connectivity index (χ1v) is 7.33. The van der Waals surface area contributed by atoms with Crippen LogP contribution in [0.5, 0.6) is 0 Å². The van der Waals surface area contributed by atoms with E-state index in [-0.39, 0.29) is 30.5 Å². The van der Waals surface area contributed by atoms with Crippen LogP contribution in [0.1, 0.15) is 26.3 Å². The van der Waals surface area contributed by atoms with Gasteiger partial charge in [-0.05, 0) is 32.4 Å². The van der Waals surface area contributed by atoms with E-state index in [9.17, 15) is 9.59 Å². The highest BCUT2D eigenvalue weighted by Crippen LogP contribution is 2.26. The Morgan fingerprint density at radius 3 is 2.71 bits per heavy atom. The standard InChI is InChI=1S/C16H22N2O3/c1-4-21-15(19)10-18(11(2)3)16(20)14-9-12-7-5-6-8-13(12)17-14/h5-8,11,14,17H,4,9-10H2,1-3H3. The molecule has 5 nitrogen and oxygen atoms in total. The monoisotopic (exact) mass is 290 g/mol. The highest BCUT2D eigenvalue weighted by molar-refractivity contribution is 5.90. The Kier molecular flexibility index (Phi) is 4.83. The molecule has 1 N–H and O–H groups in total. The quantitative estimate of drug-likeness (QED) is 0.840. The maximum absolute atomic E-state index is 12.7. The van der Waals surface area contributed by atoms with Gasteiger partial charge >= 0.3 is 5.97 Å². The molecule has 0 saturated carbocycles. The molecule has 0 fully saturated rings. The molecule has 1 aromatic carbocycles. The van der Waals surface area contributed by atoms with Crippen LogP contribution in [0.2, 0.25) is 0 Å². The minimum Gasteiger partial charge on any atom is -0.465 e. The number of esters is 1. The van der Waals surface area contributed by atoms with E-state index in [0.717, 1.165) is 11.3 Å². The molecule has 1 amide bonds. The first-order valence-electron chi connectivity index (χ1n) is 7.33. The molecule has 1 aromatic rings. The number of hydrogen-bond acceptors (Lipinski definition) is 4. The number of benzene rings is 1. The molecule has 21 heavy (non-hydrogen) atoms. The normalized spacial score (nSPS) is 16.3. The van der Waals surface area contributed by atoms with Crippen LogP contribution < -0.4 is 5.32 Å². The molecule has 1 aliphatic rings. The zero-order chi connectivity index (χ0) is 15.4. The third-order valence-electron chi connectivity index (χ3n) is 3.58. The number of fused-ring (bicyclic) bond motifs is 1. The topological polar surface area (TPSA) is 58.6 Å². The van der Waals surface area contributed by atoms with Gasteiger partial charge in [-0.3, -0.25) is 9.59 Å². The summed E-state index contributed by atoms with van der Waals surface area (Å²) in [6.45, 7) is 5.89. The number of amides is 1. The fourth-order valence-corrected chi connectivity index (χ4v) is 2.51. The third-order valence-corrected chi connectivity index (χ3v) is 3.58. The number of nitrogens with one attached hydrogen (secondary N) is 1. The Hall–Kier alpha value is -2.04. The van der Waals surface area contributed by atoms with E-state index >= 15 is 0 Å². The fraction of sp³-hybridized carbons (Fsp3) is 0.500. The molecule has 0 aliphatic carbocycles. The summed E-state index contributed by atoms with van der Waals surface area (Å²) in [5, 5.41) is 3.23. The first kappa shape index (κ1) is 15.4. The Morgan fingerprint density at radius 1 is 1.38 bits per heavy atom. The molecule has 0 aromatic heterocycles. The zero-order valence-corrected chi connectivity index (χ0v) is 12.8. The Labute approximate surface area is 125 Å².